The molecule has 0 bridgehead atoms. The second-order valence-electron chi connectivity index (χ2n) is 6.61. The van der Waals surface area contributed by atoms with E-state index in [4.69, 9.17) is 9.47 Å². The lowest BCUT2D eigenvalue weighted by Crippen LogP contribution is -2.40. The van der Waals surface area contributed by atoms with Crippen LogP contribution in [0.25, 0.3) is 0 Å². The molecule has 1 fully saturated rings. The largest absolute Gasteiger partial charge is 0.494 e. The van der Waals surface area contributed by atoms with Gasteiger partial charge >= 0.3 is 0 Å². The Balaban J connectivity index is 1.54. The van der Waals surface area contributed by atoms with Gasteiger partial charge in [0, 0.05) is 40.4 Å². The predicted molar refractivity (Wildman–Crippen MR) is 103 cm³/mol. The number of rotatable bonds is 9. The van der Waals surface area contributed by atoms with Crippen molar-refractivity contribution in [3.8, 4) is 5.75 Å². The van der Waals surface area contributed by atoms with Crippen LogP contribution in [0.5, 0.6) is 5.75 Å². The van der Waals surface area contributed by atoms with E-state index in [2.05, 4.69) is 22.3 Å². The lowest BCUT2D eigenvalue weighted by atomic mass is 9.96. The van der Waals surface area contributed by atoms with E-state index in [1.54, 1.807) is 0 Å². The van der Waals surface area contributed by atoms with Crippen molar-refractivity contribution in [1.29, 1.82) is 0 Å². The van der Waals surface area contributed by atoms with Gasteiger partial charge in [-0.15, -0.1) is 0 Å². The fourth-order valence-corrected chi connectivity index (χ4v) is 3.04. The molecule has 0 saturated carbocycles. The second kappa shape index (κ2) is 11.7. The van der Waals surface area contributed by atoms with Crippen LogP contribution in [-0.4, -0.2) is 57.9 Å². The molecule has 25 heavy (non-hydrogen) atoms. The summed E-state index contributed by atoms with van der Waals surface area (Å²) in [6.07, 6.45) is 5.71. The fourth-order valence-electron chi connectivity index (χ4n) is 3.04. The highest BCUT2D eigenvalue weighted by Gasteiger charge is 2.15. The van der Waals surface area contributed by atoms with Gasteiger partial charge in [-0.1, -0.05) is 18.2 Å². The highest BCUT2D eigenvalue weighted by molar-refractivity contribution is 5.79. The van der Waals surface area contributed by atoms with Crippen molar-refractivity contribution < 1.29 is 9.47 Å². The molecule has 0 spiro atoms. The van der Waals surface area contributed by atoms with E-state index < -0.39 is 0 Å². The molecule has 0 radical (unpaired) electrons. The predicted octanol–water partition coefficient (Wildman–Crippen LogP) is 3.17. The number of ether oxygens (including phenoxy) is 2. The normalized spacial score (nSPS) is 15.8. The summed E-state index contributed by atoms with van der Waals surface area (Å²) < 4.78 is 11.1. The van der Waals surface area contributed by atoms with Gasteiger partial charge in [0.25, 0.3) is 0 Å². The van der Waals surface area contributed by atoms with Crippen molar-refractivity contribution in [2.24, 2.45) is 10.9 Å². The maximum Gasteiger partial charge on any atom is 0.193 e. The molecule has 1 aromatic carbocycles. The molecule has 1 aliphatic heterocycles. The van der Waals surface area contributed by atoms with E-state index in [9.17, 15) is 0 Å². The van der Waals surface area contributed by atoms with Crippen LogP contribution in [0.1, 0.15) is 32.1 Å². The number of benzene rings is 1. The molecule has 2 rings (SSSR count). The molecular formula is C20H33N3O2. The Hall–Kier alpha value is -1.75. The fraction of sp³-hybridized carbons (Fsp3) is 0.650. The van der Waals surface area contributed by atoms with Crippen LogP contribution < -0.4 is 10.1 Å². The first kappa shape index (κ1) is 19.6. The summed E-state index contributed by atoms with van der Waals surface area (Å²) in [7, 11) is 3.97. The lowest BCUT2D eigenvalue weighted by Gasteiger charge is -2.26. The number of hydrogen-bond donors (Lipinski definition) is 1. The zero-order valence-electron chi connectivity index (χ0n) is 15.7. The molecule has 1 aromatic rings. The Kier molecular flexibility index (Phi) is 9.19. The number of nitrogens with zero attached hydrogens (tertiary/aromatic N) is 2. The Morgan fingerprint density at radius 3 is 2.72 bits per heavy atom. The first-order valence-electron chi connectivity index (χ1n) is 9.47. The zero-order valence-corrected chi connectivity index (χ0v) is 15.7. The third kappa shape index (κ3) is 7.78. The first-order chi connectivity index (χ1) is 12.3. The van der Waals surface area contributed by atoms with Gasteiger partial charge in [-0.2, -0.15) is 0 Å². The van der Waals surface area contributed by atoms with Crippen LogP contribution in [-0.2, 0) is 4.74 Å². The second-order valence-corrected chi connectivity index (χ2v) is 6.61. The summed E-state index contributed by atoms with van der Waals surface area (Å²) in [4.78, 5) is 6.62. The Morgan fingerprint density at radius 2 is 2.00 bits per heavy atom. The first-order valence-corrected chi connectivity index (χ1v) is 9.47. The van der Waals surface area contributed by atoms with Crippen LogP contribution in [0.15, 0.2) is 35.3 Å². The molecule has 0 amide bonds. The summed E-state index contributed by atoms with van der Waals surface area (Å²) in [5.74, 6) is 2.72. The summed E-state index contributed by atoms with van der Waals surface area (Å²) in [6, 6.07) is 9.98. The van der Waals surface area contributed by atoms with Crippen molar-refractivity contribution in [2.75, 3.05) is 47.0 Å². The Morgan fingerprint density at radius 1 is 1.24 bits per heavy atom. The van der Waals surface area contributed by atoms with Crippen molar-refractivity contribution in [3.63, 3.8) is 0 Å². The molecule has 0 aliphatic carbocycles. The van der Waals surface area contributed by atoms with Crippen LogP contribution in [0, 0.1) is 5.92 Å². The van der Waals surface area contributed by atoms with E-state index in [1.807, 2.05) is 37.4 Å². The van der Waals surface area contributed by atoms with Gasteiger partial charge in [-0.05, 0) is 50.2 Å². The summed E-state index contributed by atoms with van der Waals surface area (Å²) in [5.41, 5.74) is 0. The van der Waals surface area contributed by atoms with Crippen molar-refractivity contribution in [3.05, 3.63) is 30.3 Å². The molecule has 0 aromatic heterocycles. The lowest BCUT2D eigenvalue weighted by molar-refractivity contribution is 0.0625. The number of hydrogen-bond acceptors (Lipinski definition) is 3. The maximum absolute atomic E-state index is 5.71. The number of nitrogens with one attached hydrogen (secondary N) is 1. The topological polar surface area (TPSA) is 46.1 Å². The van der Waals surface area contributed by atoms with Gasteiger partial charge < -0.3 is 19.7 Å². The maximum atomic E-state index is 5.71. The molecule has 0 unspecified atom stereocenters. The SMILES string of the molecule is CN=C(NCCCCOc1ccccc1)N(C)CCC1CCOCC1. The molecule has 5 heteroatoms. The minimum absolute atomic E-state index is 0.754. The Labute approximate surface area is 152 Å². The van der Waals surface area contributed by atoms with Gasteiger partial charge in [-0.3, -0.25) is 4.99 Å². The summed E-state index contributed by atoms with van der Waals surface area (Å²) in [5, 5.41) is 3.45. The zero-order chi connectivity index (χ0) is 17.7. The van der Waals surface area contributed by atoms with Crippen LogP contribution in [0.3, 0.4) is 0 Å². The monoisotopic (exact) mass is 347 g/mol. The molecule has 1 N–H and O–H groups in total. The molecule has 1 saturated heterocycles. The van der Waals surface area contributed by atoms with Crippen LogP contribution in [0.2, 0.25) is 0 Å². The Bertz CT molecular complexity index is 487. The molecule has 140 valence electrons. The van der Waals surface area contributed by atoms with Crippen LogP contribution in [0.4, 0.5) is 0 Å². The number of para-hydroxylation sites is 1. The molecule has 5 nitrogen and oxygen atoms in total. The standard InChI is InChI=1S/C20H33N3O2/c1-21-20(23(2)14-10-18-11-16-24-17-12-18)22-13-6-7-15-25-19-8-4-3-5-9-19/h3-5,8-9,18H,6-7,10-17H2,1-2H3,(H,21,22). The highest BCUT2D eigenvalue weighted by atomic mass is 16.5. The van der Waals surface area contributed by atoms with E-state index in [0.717, 1.165) is 63.4 Å². The number of guanidine groups is 1. The van der Waals surface area contributed by atoms with Gasteiger partial charge in [0.15, 0.2) is 5.96 Å². The van der Waals surface area contributed by atoms with Crippen molar-refractivity contribution in [2.45, 2.75) is 32.1 Å². The van der Waals surface area contributed by atoms with E-state index >= 15 is 0 Å². The van der Waals surface area contributed by atoms with Gasteiger partial charge in [-0.25, -0.2) is 0 Å². The van der Waals surface area contributed by atoms with Crippen molar-refractivity contribution >= 4 is 5.96 Å². The van der Waals surface area contributed by atoms with E-state index in [0.29, 0.717) is 0 Å². The minimum atomic E-state index is 0.754. The van der Waals surface area contributed by atoms with E-state index in [1.165, 1.54) is 19.3 Å². The van der Waals surface area contributed by atoms with Gasteiger partial charge in [0.1, 0.15) is 5.75 Å². The average molecular weight is 348 g/mol. The smallest absolute Gasteiger partial charge is 0.193 e. The minimum Gasteiger partial charge on any atom is -0.494 e. The van der Waals surface area contributed by atoms with Crippen molar-refractivity contribution in [1.82, 2.24) is 10.2 Å². The average Bonchev–Trinajstić information content (AvgIpc) is 2.67. The number of unbranched alkanes of at least 4 members (excludes halogenated alkanes) is 1. The van der Waals surface area contributed by atoms with E-state index in [-0.39, 0.29) is 0 Å². The quantitative estimate of drug-likeness (QED) is 0.423. The third-order valence-electron chi connectivity index (χ3n) is 4.65. The third-order valence-corrected chi connectivity index (χ3v) is 4.65. The van der Waals surface area contributed by atoms with Gasteiger partial charge in [0.05, 0.1) is 6.61 Å². The summed E-state index contributed by atoms with van der Waals surface area (Å²) >= 11 is 0. The molecule has 0 atom stereocenters. The van der Waals surface area contributed by atoms with Crippen LogP contribution >= 0.6 is 0 Å². The molecular weight excluding hydrogens is 314 g/mol. The highest BCUT2D eigenvalue weighted by Crippen LogP contribution is 2.18. The van der Waals surface area contributed by atoms with Gasteiger partial charge in [0.2, 0.25) is 0 Å². The molecule has 1 aliphatic rings. The molecule has 1 heterocycles. The summed E-state index contributed by atoms with van der Waals surface area (Å²) in [6.45, 7) is 4.57. The number of aliphatic imine (C=N–C) groups is 1.